The number of hydrogen-bond acceptors (Lipinski definition) is 4. The highest BCUT2D eigenvalue weighted by Crippen LogP contribution is 2.27. The third-order valence-corrected chi connectivity index (χ3v) is 5.31. The monoisotopic (exact) mass is 416 g/mol. The van der Waals surface area contributed by atoms with E-state index in [1.54, 1.807) is 35.1 Å². The number of imide groups is 1. The first-order valence-electron chi connectivity index (χ1n) is 10.3. The smallest absolute Gasteiger partial charge is 0.262 e. The molecule has 0 aliphatic carbocycles. The van der Waals surface area contributed by atoms with Gasteiger partial charge < -0.3 is 5.32 Å². The number of hydrogen-bond donors (Lipinski definition) is 1. The van der Waals surface area contributed by atoms with Crippen molar-refractivity contribution in [2.75, 3.05) is 0 Å². The van der Waals surface area contributed by atoms with Crippen molar-refractivity contribution < 1.29 is 14.4 Å². The van der Waals surface area contributed by atoms with Crippen LogP contribution < -0.4 is 5.32 Å². The van der Waals surface area contributed by atoms with E-state index in [1.165, 1.54) is 0 Å². The summed E-state index contributed by atoms with van der Waals surface area (Å²) in [7, 11) is 0. The Morgan fingerprint density at radius 3 is 2.16 bits per heavy atom. The van der Waals surface area contributed by atoms with E-state index in [4.69, 9.17) is 0 Å². The van der Waals surface area contributed by atoms with Crippen molar-refractivity contribution in [3.8, 4) is 5.69 Å². The van der Waals surface area contributed by atoms with E-state index in [1.807, 2.05) is 50.4 Å². The van der Waals surface area contributed by atoms with Crippen LogP contribution in [-0.2, 0) is 11.3 Å². The third kappa shape index (κ3) is 4.12. The van der Waals surface area contributed by atoms with Gasteiger partial charge in [-0.3, -0.25) is 19.3 Å². The fourth-order valence-corrected chi connectivity index (χ4v) is 3.76. The van der Waals surface area contributed by atoms with Crippen LogP contribution in [0.2, 0.25) is 0 Å². The van der Waals surface area contributed by atoms with E-state index in [0.717, 1.165) is 16.2 Å². The largest absolute Gasteiger partial charge is 0.350 e. The van der Waals surface area contributed by atoms with E-state index in [0.29, 0.717) is 24.1 Å². The number of nitrogens with zero attached hydrogens (tertiary/aromatic N) is 3. The molecule has 3 amide bonds. The van der Waals surface area contributed by atoms with Crippen LogP contribution in [0, 0.1) is 5.92 Å². The van der Waals surface area contributed by atoms with Gasteiger partial charge in [0.1, 0.15) is 6.04 Å². The number of rotatable bonds is 7. The van der Waals surface area contributed by atoms with E-state index < -0.39 is 17.9 Å². The van der Waals surface area contributed by atoms with Crippen molar-refractivity contribution >= 4 is 17.7 Å². The van der Waals surface area contributed by atoms with Gasteiger partial charge in [0, 0.05) is 18.9 Å². The van der Waals surface area contributed by atoms with E-state index >= 15 is 0 Å². The molecule has 3 aromatic rings. The third-order valence-electron chi connectivity index (χ3n) is 5.31. The van der Waals surface area contributed by atoms with Gasteiger partial charge in [-0.25, -0.2) is 4.68 Å². The zero-order valence-corrected chi connectivity index (χ0v) is 17.5. The lowest BCUT2D eigenvalue weighted by molar-refractivity contribution is -0.125. The minimum atomic E-state index is -0.851. The molecular weight excluding hydrogens is 392 g/mol. The van der Waals surface area contributed by atoms with Crippen molar-refractivity contribution in [2.24, 2.45) is 5.92 Å². The zero-order valence-electron chi connectivity index (χ0n) is 17.5. The number of fused-ring (bicyclic) bond motifs is 1. The minimum absolute atomic E-state index is 0.133. The van der Waals surface area contributed by atoms with Crippen molar-refractivity contribution in [3.05, 3.63) is 83.7 Å². The van der Waals surface area contributed by atoms with Gasteiger partial charge in [-0.15, -0.1) is 0 Å². The summed E-state index contributed by atoms with van der Waals surface area (Å²) in [5.74, 6) is -1.03. The molecule has 2 aromatic carbocycles. The SMILES string of the molecule is CC(C)CC(C(=O)NCc1ccc(-n2cccn2)cc1)N1C(=O)c2ccccc2C1=O. The summed E-state index contributed by atoms with van der Waals surface area (Å²) in [5, 5.41) is 7.09. The Bertz CT molecular complexity index is 1070. The molecule has 7 nitrogen and oxygen atoms in total. The molecule has 0 bridgehead atoms. The van der Waals surface area contributed by atoms with E-state index in [9.17, 15) is 14.4 Å². The van der Waals surface area contributed by atoms with Crippen molar-refractivity contribution in [1.29, 1.82) is 0 Å². The lowest BCUT2D eigenvalue weighted by Gasteiger charge is -2.26. The van der Waals surface area contributed by atoms with Crippen LogP contribution in [0.15, 0.2) is 67.0 Å². The molecule has 1 aromatic heterocycles. The highest BCUT2D eigenvalue weighted by Gasteiger charge is 2.42. The van der Waals surface area contributed by atoms with Crippen LogP contribution in [0.5, 0.6) is 0 Å². The molecule has 158 valence electrons. The Hall–Kier alpha value is -3.74. The van der Waals surface area contributed by atoms with Crippen molar-refractivity contribution in [3.63, 3.8) is 0 Å². The molecule has 0 saturated carbocycles. The quantitative estimate of drug-likeness (QED) is 0.600. The highest BCUT2D eigenvalue weighted by atomic mass is 16.2. The molecule has 4 rings (SSSR count). The molecule has 0 spiro atoms. The second-order valence-corrected chi connectivity index (χ2v) is 8.01. The van der Waals surface area contributed by atoms with Crippen molar-refractivity contribution in [2.45, 2.75) is 32.9 Å². The second-order valence-electron chi connectivity index (χ2n) is 8.01. The molecule has 7 heteroatoms. The molecule has 2 heterocycles. The summed E-state index contributed by atoms with van der Waals surface area (Å²) in [6.45, 7) is 4.23. The highest BCUT2D eigenvalue weighted by molar-refractivity contribution is 6.22. The van der Waals surface area contributed by atoms with Crippen LogP contribution in [0.1, 0.15) is 46.5 Å². The Labute approximate surface area is 180 Å². The normalized spacial score (nSPS) is 14.1. The van der Waals surface area contributed by atoms with Crippen molar-refractivity contribution in [1.82, 2.24) is 20.0 Å². The van der Waals surface area contributed by atoms with Gasteiger partial charge in [0.15, 0.2) is 0 Å². The number of nitrogens with one attached hydrogen (secondary N) is 1. The molecule has 0 radical (unpaired) electrons. The van der Waals surface area contributed by atoms with Crippen LogP contribution in [0.4, 0.5) is 0 Å². The second kappa shape index (κ2) is 8.55. The average Bonchev–Trinajstić information content (AvgIpc) is 3.39. The topological polar surface area (TPSA) is 84.3 Å². The standard InChI is InChI=1S/C24H24N4O3/c1-16(2)14-21(28-23(30)19-6-3-4-7-20(19)24(28)31)22(29)25-15-17-8-10-18(11-9-17)27-13-5-12-26-27/h3-13,16,21H,14-15H2,1-2H3,(H,25,29). The van der Waals surface area contributed by atoms with Gasteiger partial charge in [0.05, 0.1) is 16.8 Å². The number of carbonyl (C=O) groups excluding carboxylic acids is 3. The molecule has 1 unspecified atom stereocenters. The average molecular weight is 416 g/mol. The predicted octanol–water partition coefficient (Wildman–Crippen LogP) is 3.20. The molecule has 1 aliphatic heterocycles. The number of amides is 3. The Kier molecular flexibility index (Phi) is 5.66. The van der Waals surface area contributed by atoms with Gasteiger partial charge in [-0.05, 0) is 48.2 Å². The summed E-state index contributed by atoms with van der Waals surface area (Å²) in [5.41, 5.74) is 2.53. The predicted molar refractivity (Wildman–Crippen MR) is 116 cm³/mol. The first-order valence-corrected chi connectivity index (χ1v) is 10.3. The molecule has 1 aliphatic rings. The van der Waals surface area contributed by atoms with E-state index in [-0.39, 0.29) is 11.8 Å². The van der Waals surface area contributed by atoms with Gasteiger partial charge in [0.25, 0.3) is 11.8 Å². The lowest BCUT2D eigenvalue weighted by atomic mass is 10.0. The number of benzene rings is 2. The summed E-state index contributed by atoms with van der Waals surface area (Å²) in [6.07, 6.45) is 3.97. The summed E-state index contributed by atoms with van der Waals surface area (Å²) >= 11 is 0. The fraction of sp³-hybridized carbons (Fsp3) is 0.250. The van der Waals surface area contributed by atoms with Gasteiger partial charge in [0.2, 0.25) is 5.91 Å². The Morgan fingerprint density at radius 1 is 0.968 bits per heavy atom. The summed E-state index contributed by atoms with van der Waals surface area (Å²) in [4.78, 5) is 39.9. The van der Waals surface area contributed by atoms with Gasteiger partial charge >= 0.3 is 0 Å². The summed E-state index contributed by atoms with van der Waals surface area (Å²) in [6, 6.07) is 15.4. The number of aromatic nitrogens is 2. The molecular formula is C24H24N4O3. The lowest BCUT2D eigenvalue weighted by Crippen LogP contribution is -2.50. The Morgan fingerprint density at radius 2 is 1.61 bits per heavy atom. The first kappa shape index (κ1) is 20.5. The molecule has 1 atom stereocenters. The van der Waals surface area contributed by atoms with Crippen LogP contribution in [-0.4, -0.2) is 38.4 Å². The van der Waals surface area contributed by atoms with Gasteiger partial charge in [-0.1, -0.05) is 38.1 Å². The van der Waals surface area contributed by atoms with E-state index in [2.05, 4.69) is 10.4 Å². The van der Waals surface area contributed by atoms with Crippen LogP contribution in [0.25, 0.3) is 5.69 Å². The zero-order chi connectivity index (χ0) is 22.0. The maximum atomic E-state index is 13.1. The minimum Gasteiger partial charge on any atom is -0.350 e. The van der Waals surface area contributed by atoms with Crippen LogP contribution in [0.3, 0.4) is 0 Å². The first-order chi connectivity index (χ1) is 15.0. The summed E-state index contributed by atoms with van der Waals surface area (Å²) < 4.78 is 1.75. The maximum Gasteiger partial charge on any atom is 0.262 e. The molecule has 0 fully saturated rings. The fourth-order valence-electron chi connectivity index (χ4n) is 3.76. The van der Waals surface area contributed by atoms with Crippen LogP contribution >= 0.6 is 0 Å². The molecule has 0 saturated heterocycles. The van der Waals surface area contributed by atoms with Gasteiger partial charge in [-0.2, -0.15) is 5.10 Å². The Balaban J connectivity index is 1.48. The number of carbonyl (C=O) groups is 3. The molecule has 1 N–H and O–H groups in total. The molecule has 31 heavy (non-hydrogen) atoms. The maximum absolute atomic E-state index is 13.1.